The second-order valence-electron chi connectivity index (χ2n) is 2.16. The van der Waals surface area contributed by atoms with Gasteiger partial charge >= 0.3 is 6.09 Å². The second-order valence-corrected chi connectivity index (χ2v) is 2.16. The monoisotopic (exact) mass is 161 g/mol. The van der Waals surface area contributed by atoms with Gasteiger partial charge in [0.15, 0.2) is 12.4 Å². The highest BCUT2D eigenvalue weighted by Gasteiger charge is 2.30. The predicted octanol–water partition coefficient (Wildman–Crippen LogP) is -0.286. The number of nitrogens with one attached hydrogen (secondary N) is 1. The van der Waals surface area contributed by atoms with Gasteiger partial charge in [0, 0.05) is 14.2 Å². The van der Waals surface area contributed by atoms with E-state index in [-0.39, 0.29) is 6.10 Å². The summed E-state index contributed by atoms with van der Waals surface area (Å²) in [6.07, 6.45) is -1.24. The highest BCUT2D eigenvalue weighted by molar-refractivity contribution is 5.69. The van der Waals surface area contributed by atoms with Crippen molar-refractivity contribution >= 4 is 6.09 Å². The van der Waals surface area contributed by atoms with Gasteiger partial charge in [0.05, 0.1) is 6.54 Å². The van der Waals surface area contributed by atoms with E-state index in [0.717, 1.165) is 0 Å². The van der Waals surface area contributed by atoms with Gasteiger partial charge in [-0.05, 0) is 0 Å². The number of cyclic esters (lactones) is 1. The molecule has 0 aromatic heterocycles. The molecule has 0 spiro atoms. The van der Waals surface area contributed by atoms with Crippen molar-refractivity contribution in [2.75, 3.05) is 20.8 Å². The summed E-state index contributed by atoms with van der Waals surface area (Å²) in [5.41, 5.74) is 0. The normalized spacial score (nSPS) is 23.5. The van der Waals surface area contributed by atoms with E-state index in [1.165, 1.54) is 14.2 Å². The number of carbonyl (C=O) groups is 1. The minimum absolute atomic E-state index is 0.336. The van der Waals surface area contributed by atoms with Gasteiger partial charge in [-0.3, -0.25) is 0 Å². The molecule has 1 fully saturated rings. The summed E-state index contributed by atoms with van der Waals surface area (Å²) in [5, 5.41) is 2.50. The number of hydrogen-bond acceptors (Lipinski definition) is 4. The molecule has 0 radical (unpaired) electrons. The summed E-state index contributed by atoms with van der Waals surface area (Å²) >= 11 is 0. The summed E-state index contributed by atoms with van der Waals surface area (Å²) in [6, 6.07) is 0. The van der Waals surface area contributed by atoms with Crippen LogP contribution >= 0.6 is 0 Å². The van der Waals surface area contributed by atoms with Gasteiger partial charge in [-0.25, -0.2) is 4.79 Å². The molecule has 0 aliphatic carbocycles. The van der Waals surface area contributed by atoms with Crippen LogP contribution in [-0.2, 0) is 14.2 Å². The van der Waals surface area contributed by atoms with E-state index in [1.807, 2.05) is 0 Å². The lowest BCUT2D eigenvalue weighted by atomic mass is 10.3. The Labute approximate surface area is 64.6 Å². The molecule has 1 rings (SSSR count). The highest BCUT2D eigenvalue weighted by Crippen LogP contribution is 2.08. The molecule has 1 atom stereocenters. The third kappa shape index (κ3) is 1.81. The van der Waals surface area contributed by atoms with Crippen LogP contribution in [-0.4, -0.2) is 39.3 Å². The number of amides is 1. The number of ether oxygens (including phenoxy) is 3. The van der Waals surface area contributed by atoms with Gasteiger partial charge in [0.2, 0.25) is 0 Å². The molecule has 0 bridgehead atoms. The van der Waals surface area contributed by atoms with Crippen LogP contribution in [0.15, 0.2) is 0 Å². The summed E-state index contributed by atoms with van der Waals surface area (Å²) in [6.45, 7) is 0.436. The zero-order chi connectivity index (χ0) is 8.27. The molecular formula is C6H11NO4. The molecule has 64 valence electrons. The lowest BCUT2D eigenvalue weighted by molar-refractivity contribution is -0.153. The van der Waals surface area contributed by atoms with Crippen LogP contribution in [0.25, 0.3) is 0 Å². The van der Waals surface area contributed by atoms with Gasteiger partial charge in [-0.2, -0.15) is 0 Å². The maximum atomic E-state index is 10.5. The topological polar surface area (TPSA) is 56.8 Å². The van der Waals surface area contributed by atoms with E-state index in [2.05, 4.69) is 5.32 Å². The molecule has 5 heteroatoms. The Morgan fingerprint density at radius 2 is 2.27 bits per heavy atom. The smallest absolute Gasteiger partial charge is 0.407 e. The first-order chi connectivity index (χ1) is 5.27. The quantitative estimate of drug-likeness (QED) is 0.578. The number of carbonyl (C=O) groups excluding carboxylic acids is 1. The fraction of sp³-hybridized carbons (Fsp3) is 0.833. The van der Waals surface area contributed by atoms with Crippen molar-refractivity contribution < 1.29 is 19.0 Å². The second kappa shape index (κ2) is 3.54. The zero-order valence-electron chi connectivity index (χ0n) is 6.49. The van der Waals surface area contributed by atoms with Crippen molar-refractivity contribution in [3.05, 3.63) is 0 Å². The molecular weight excluding hydrogens is 150 g/mol. The standard InChI is InChI=1S/C6H11NO4/c1-9-5(10-2)4-3-7-6(8)11-4/h4-5H,3H2,1-2H3,(H,7,8)/t4-/m0/s1. The molecule has 5 nitrogen and oxygen atoms in total. The fourth-order valence-corrected chi connectivity index (χ4v) is 0.956. The van der Waals surface area contributed by atoms with Crippen molar-refractivity contribution in [3.8, 4) is 0 Å². The molecule has 1 heterocycles. The summed E-state index contributed by atoms with van der Waals surface area (Å²) < 4.78 is 14.6. The minimum atomic E-state index is -0.478. The van der Waals surface area contributed by atoms with Crippen molar-refractivity contribution in [2.24, 2.45) is 0 Å². The Hall–Kier alpha value is -0.810. The predicted molar refractivity (Wildman–Crippen MR) is 36.1 cm³/mol. The molecule has 1 aliphatic rings. The Balaban J connectivity index is 2.40. The van der Waals surface area contributed by atoms with Crippen LogP contribution in [0.2, 0.25) is 0 Å². The molecule has 0 unspecified atom stereocenters. The molecule has 0 saturated carbocycles. The Bertz CT molecular complexity index is 146. The van der Waals surface area contributed by atoms with Crippen molar-refractivity contribution in [1.82, 2.24) is 5.32 Å². The van der Waals surface area contributed by atoms with E-state index < -0.39 is 12.4 Å². The largest absolute Gasteiger partial charge is 0.439 e. The Morgan fingerprint density at radius 3 is 2.64 bits per heavy atom. The van der Waals surface area contributed by atoms with Gasteiger partial charge in [-0.1, -0.05) is 0 Å². The van der Waals surface area contributed by atoms with Gasteiger partial charge < -0.3 is 19.5 Å². The van der Waals surface area contributed by atoms with Crippen LogP contribution in [0, 0.1) is 0 Å². The number of methoxy groups -OCH3 is 2. The van der Waals surface area contributed by atoms with E-state index in [9.17, 15) is 4.79 Å². The maximum absolute atomic E-state index is 10.5. The summed E-state index contributed by atoms with van der Waals surface area (Å²) in [7, 11) is 3.00. The SMILES string of the molecule is COC(OC)[C@@H]1CNC(=O)O1. The fourth-order valence-electron chi connectivity index (χ4n) is 0.956. The lowest BCUT2D eigenvalue weighted by Gasteiger charge is -2.17. The molecule has 11 heavy (non-hydrogen) atoms. The summed E-state index contributed by atoms with van der Waals surface area (Å²) in [4.78, 5) is 10.5. The average molecular weight is 161 g/mol. The van der Waals surface area contributed by atoms with Crippen LogP contribution in [0.5, 0.6) is 0 Å². The van der Waals surface area contributed by atoms with Crippen molar-refractivity contribution in [1.29, 1.82) is 0 Å². The third-order valence-electron chi connectivity index (χ3n) is 1.47. The number of rotatable bonds is 3. The van der Waals surface area contributed by atoms with E-state index >= 15 is 0 Å². The number of alkyl carbamates (subject to hydrolysis) is 1. The molecule has 0 aromatic carbocycles. The van der Waals surface area contributed by atoms with E-state index in [4.69, 9.17) is 14.2 Å². The molecule has 0 aromatic rings. The van der Waals surface area contributed by atoms with Crippen LogP contribution in [0.4, 0.5) is 4.79 Å². The maximum Gasteiger partial charge on any atom is 0.407 e. The van der Waals surface area contributed by atoms with Gasteiger partial charge in [0.25, 0.3) is 0 Å². The van der Waals surface area contributed by atoms with Crippen LogP contribution in [0.3, 0.4) is 0 Å². The number of hydrogen-bond donors (Lipinski definition) is 1. The van der Waals surface area contributed by atoms with Crippen LogP contribution < -0.4 is 5.32 Å². The summed E-state index contributed by atoms with van der Waals surface area (Å²) in [5.74, 6) is 0. The minimum Gasteiger partial charge on any atom is -0.439 e. The first-order valence-electron chi connectivity index (χ1n) is 3.28. The third-order valence-corrected chi connectivity index (χ3v) is 1.47. The van der Waals surface area contributed by atoms with E-state index in [0.29, 0.717) is 6.54 Å². The van der Waals surface area contributed by atoms with Gasteiger partial charge in [-0.15, -0.1) is 0 Å². The first kappa shape index (κ1) is 8.29. The molecule has 1 amide bonds. The van der Waals surface area contributed by atoms with Gasteiger partial charge in [0.1, 0.15) is 0 Å². The van der Waals surface area contributed by atoms with Crippen LogP contribution in [0.1, 0.15) is 0 Å². The first-order valence-corrected chi connectivity index (χ1v) is 3.28. The Kier molecular flexibility index (Phi) is 2.67. The Morgan fingerprint density at radius 1 is 1.64 bits per heavy atom. The van der Waals surface area contributed by atoms with E-state index in [1.54, 1.807) is 0 Å². The highest BCUT2D eigenvalue weighted by atomic mass is 16.7. The molecule has 1 saturated heterocycles. The van der Waals surface area contributed by atoms with Crippen molar-refractivity contribution in [3.63, 3.8) is 0 Å². The lowest BCUT2D eigenvalue weighted by Crippen LogP contribution is -2.32. The molecule has 1 aliphatic heterocycles. The van der Waals surface area contributed by atoms with Crippen molar-refractivity contribution in [2.45, 2.75) is 12.4 Å². The average Bonchev–Trinajstić information content (AvgIpc) is 2.39. The molecule has 1 N–H and O–H groups in total. The zero-order valence-corrected chi connectivity index (χ0v) is 6.49.